The molecule has 24 heavy (non-hydrogen) atoms. The topological polar surface area (TPSA) is 51.9 Å². The van der Waals surface area contributed by atoms with Crippen molar-refractivity contribution in [2.75, 3.05) is 0 Å². The zero-order valence-corrected chi connectivity index (χ0v) is 14.4. The van der Waals surface area contributed by atoms with Crippen molar-refractivity contribution in [1.29, 1.82) is 0 Å². The quantitative estimate of drug-likeness (QED) is 0.801. The summed E-state index contributed by atoms with van der Waals surface area (Å²) in [7, 11) is 1.90. The van der Waals surface area contributed by atoms with E-state index in [2.05, 4.69) is 10.4 Å². The Kier molecular flexibility index (Phi) is 4.25. The number of aromatic nitrogens is 3. The number of carbonyl (C=O) groups is 1. The zero-order valence-electron chi connectivity index (χ0n) is 14.4. The minimum absolute atomic E-state index is 0.0841. The molecule has 3 rings (SSSR count). The minimum atomic E-state index is -0.0949. The van der Waals surface area contributed by atoms with Crippen molar-refractivity contribution in [3.05, 3.63) is 71.3 Å². The Bertz CT molecular complexity index is 862. The molecule has 5 nitrogen and oxygen atoms in total. The first-order chi connectivity index (χ1) is 11.5. The Morgan fingerprint density at radius 1 is 1.21 bits per heavy atom. The SMILES string of the molecule is Cc1ccc(C(=O)N[C@H](C)c2cnn(C)c2C)cc1-n1cccc1. The second-order valence-electron chi connectivity index (χ2n) is 6.10. The molecule has 1 amide bonds. The van der Waals surface area contributed by atoms with Gasteiger partial charge < -0.3 is 9.88 Å². The number of benzene rings is 1. The number of hydrogen-bond acceptors (Lipinski definition) is 2. The maximum atomic E-state index is 12.6. The molecule has 0 aliphatic carbocycles. The second-order valence-corrected chi connectivity index (χ2v) is 6.10. The van der Waals surface area contributed by atoms with E-state index in [0.29, 0.717) is 5.56 Å². The van der Waals surface area contributed by atoms with E-state index in [1.807, 2.05) is 79.8 Å². The monoisotopic (exact) mass is 322 g/mol. The smallest absolute Gasteiger partial charge is 0.251 e. The van der Waals surface area contributed by atoms with Crippen molar-refractivity contribution in [3.8, 4) is 5.69 Å². The Morgan fingerprint density at radius 3 is 2.54 bits per heavy atom. The van der Waals surface area contributed by atoms with Crippen LogP contribution in [-0.2, 0) is 7.05 Å². The summed E-state index contributed by atoms with van der Waals surface area (Å²) in [5.74, 6) is -0.0841. The summed E-state index contributed by atoms with van der Waals surface area (Å²) in [5, 5.41) is 7.30. The van der Waals surface area contributed by atoms with Crippen molar-refractivity contribution in [2.24, 2.45) is 7.05 Å². The van der Waals surface area contributed by atoms with E-state index >= 15 is 0 Å². The van der Waals surface area contributed by atoms with Crippen LogP contribution < -0.4 is 5.32 Å². The average molecular weight is 322 g/mol. The predicted molar refractivity (Wildman–Crippen MR) is 94.3 cm³/mol. The van der Waals surface area contributed by atoms with Gasteiger partial charge >= 0.3 is 0 Å². The fraction of sp³-hybridized carbons (Fsp3) is 0.263. The van der Waals surface area contributed by atoms with Gasteiger partial charge in [-0.1, -0.05) is 6.07 Å². The normalized spacial score (nSPS) is 12.2. The number of carbonyl (C=O) groups excluding carboxylic acids is 1. The van der Waals surface area contributed by atoms with Crippen LogP contribution >= 0.6 is 0 Å². The van der Waals surface area contributed by atoms with Crippen LogP contribution in [0.3, 0.4) is 0 Å². The number of nitrogens with one attached hydrogen (secondary N) is 1. The lowest BCUT2D eigenvalue weighted by atomic mass is 10.1. The molecule has 3 aromatic rings. The molecular weight excluding hydrogens is 300 g/mol. The molecule has 5 heteroatoms. The zero-order chi connectivity index (χ0) is 17.3. The van der Waals surface area contributed by atoms with Gasteiger partial charge in [0.1, 0.15) is 0 Å². The standard InChI is InChI=1S/C19H22N4O/c1-13-7-8-16(11-18(13)23-9-5-6-10-23)19(24)21-14(2)17-12-20-22(4)15(17)3/h5-12,14H,1-4H3,(H,21,24)/t14-/m1/s1. The van der Waals surface area contributed by atoms with Crippen LogP contribution in [0.4, 0.5) is 0 Å². The number of hydrogen-bond donors (Lipinski definition) is 1. The van der Waals surface area contributed by atoms with E-state index in [9.17, 15) is 4.79 Å². The first-order valence-electron chi connectivity index (χ1n) is 8.00. The van der Waals surface area contributed by atoms with Crippen molar-refractivity contribution in [3.63, 3.8) is 0 Å². The van der Waals surface area contributed by atoms with E-state index < -0.39 is 0 Å². The highest BCUT2D eigenvalue weighted by molar-refractivity contribution is 5.95. The van der Waals surface area contributed by atoms with Gasteiger partial charge in [0.15, 0.2) is 0 Å². The van der Waals surface area contributed by atoms with Crippen molar-refractivity contribution >= 4 is 5.91 Å². The lowest BCUT2D eigenvalue weighted by Crippen LogP contribution is -2.27. The van der Waals surface area contributed by atoms with Crippen LogP contribution in [0.5, 0.6) is 0 Å². The number of nitrogens with zero attached hydrogens (tertiary/aromatic N) is 3. The van der Waals surface area contributed by atoms with E-state index in [1.54, 1.807) is 6.20 Å². The Balaban J connectivity index is 1.83. The van der Waals surface area contributed by atoms with Crippen LogP contribution in [-0.4, -0.2) is 20.3 Å². The summed E-state index contributed by atoms with van der Waals surface area (Å²) >= 11 is 0. The number of rotatable bonds is 4. The Hall–Kier alpha value is -2.82. The summed E-state index contributed by atoms with van der Waals surface area (Å²) < 4.78 is 3.83. The highest BCUT2D eigenvalue weighted by Gasteiger charge is 2.16. The van der Waals surface area contributed by atoms with Gasteiger partial charge in [0, 0.05) is 41.9 Å². The molecule has 0 unspecified atom stereocenters. The first kappa shape index (κ1) is 16.1. The Morgan fingerprint density at radius 2 is 1.92 bits per heavy atom. The molecule has 0 aliphatic heterocycles. The third-order valence-electron chi connectivity index (χ3n) is 4.44. The molecule has 0 spiro atoms. The lowest BCUT2D eigenvalue weighted by molar-refractivity contribution is 0.0940. The molecule has 2 aromatic heterocycles. The van der Waals surface area contributed by atoms with E-state index in [4.69, 9.17) is 0 Å². The molecule has 2 heterocycles. The van der Waals surface area contributed by atoms with Crippen LogP contribution in [0.15, 0.2) is 48.9 Å². The van der Waals surface area contributed by atoms with E-state index in [-0.39, 0.29) is 11.9 Å². The molecule has 0 saturated heterocycles. The molecule has 1 atom stereocenters. The average Bonchev–Trinajstić information content (AvgIpc) is 3.19. The summed E-state index contributed by atoms with van der Waals surface area (Å²) in [5.41, 5.74) is 4.87. The summed E-state index contributed by atoms with van der Waals surface area (Å²) in [6, 6.07) is 9.61. The molecule has 1 aromatic carbocycles. The highest BCUT2D eigenvalue weighted by Crippen LogP contribution is 2.19. The van der Waals surface area contributed by atoms with Gasteiger partial charge in [-0.3, -0.25) is 9.48 Å². The summed E-state index contributed by atoms with van der Waals surface area (Å²) in [6.45, 7) is 6.02. The molecule has 0 fully saturated rings. The largest absolute Gasteiger partial charge is 0.345 e. The fourth-order valence-electron chi connectivity index (χ4n) is 2.82. The fourth-order valence-corrected chi connectivity index (χ4v) is 2.82. The van der Waals surface area contributed by atoms with Gasteiger partial charge in [-0.25, -0.2) is 0 Å². The first-order valence-corrected chi connectivity index (χ1v) is 8.00. The van der Waals surface area contributed by atoms with Crippen LogP contribution in [0.25, 0.3) is 5.69 Å². The van der Waals surface area contributed by atoms with Gasteiger partial charge in [0.05, 0.1) is 12.2 Å². The lowest BCUT2D eigenvalue weighted by Gasteiger charge is -2.15. The predicted octanol–water partition coefficient (Wildman–Crippen LogP) is 3.32. The van der Waals surface area contributed by atoms with Gasteiger partial charge in [0.2, 0.25) is 0 Å². The van der Waals surface area contributed by atoms with Gasteiger partial charge in [0.25, 0.3) is 5.91 Å². The second kappa shape index (κ2) is 6.35. The number of amides is 1. The van der Waals surface area contributed by atoms with Gasteiger partial charge in [-0.05, 0) is 50.6 Å². The van der Waals surface area contributed by atoms with Crippen molar-refractivity contribution in [1.82, 2.24) is 19.7 Å². The van der Waals surface area contributed by atoms with E-state index in [0.717, 1.165) is 22.5 Å². The summed E-state index contributed by atoms with van der Waals surface area (Å²) in [4.78, 5) is 12.6. The van der Waals surface area contributed by atoms with E-state index in [1.165, 1.54) is 0 Å². The molecule has 1 N–H and O–H groups in total. The highest BCUT2D eigenvalue weighted by atomic mass is 16.1. The van der Waals surface area contributed by atoms with Crippen molar-refractivity contribution < 1.29 is 4.79 Å². The Labute approximate surface area is 141 Å². The summed E-state index contributed by atoms with van der Waals surface area (Å²) in [6.07, 6.45) is 5.76. The molecular formula is C19H22N4O. The van der Waals surface area contributed by atoms with Crippen LogP contribution in [0.1, 0.15) is 40.1 Å². The molecule has 0 bridgehead atoms. The van der Waals surface area contributed by atoms with Crippen LogP contribution in [0.2, 0.25) is 0 Å². The molecule has 0 radical (unpaired) electrons. The third-order valence-corrected chi connectivity index (χ3v) is 4.44. The van der Waals surface area contributed by atoms with Crippen LogP contribution in [0, 0.1) is 13.8 Å². The molecule has 0 saturated carbocycles. The van der Waals surface area contributed by atoms with Crippen molar-refractivity contribution in [2.45, 2.75) is 26.8 Å². The third kappa shape index (κ3) is 2.97. The molecule has 124 valence electrons. The molecule has 0 aliphatic rings. The van der Waals surface area contributed by atoms with Gasteiger partial charge in [-0.15, -0.1) is 0 Å². The van der Waals surface area contributed by atoms with Gasteiger partial charge in [-0.2, -0.15) is 5.10 Å². The minimum Gasteiger partial charge on any atom is -0.345 e. The maximum absolute atomic E-state index is 12.6. The maximum Gasteiger partial charge on any atom is 0.251 e. The number of aryl methyl sites for hydroxylation is 2.